The summed E-state index contributed by atoms with van der Waals surface area (Å²) in [6.45, 7) is 3.40. The lowest BCUT2D eigenvalue weighted by molar-refractivity contribution is -0.125. The Balaban J connectivity index is 1.60. The molecule has 1 aliphatic rings. The van der Waals surface area contributed by atoms with E-state index in [2.05, 4.69) is 16.0 Å². The second kappa shape index (κ2) is 6.40. The number of amides is 4. The first-order valence-corrected chi connectivity index (χ1v) is 8.26. The van der Waals surface area contributed by atoms with E-state index in [9.17, 15) is 14.4 Å². The summed E-state index contributed by atoms with van der Waals surface area (Å²) in [4.78, 5) is 35.1. The van der Waals surface area contributed by atoms with E-state index in [4.69, 9.17) is 16.0 Å². The van der Waals surface area contributed by atoms with Gasteiger partial charge in [-0.25, -0.2) is 4.79 Å². The van der Waals surface area contributed by atoms with E-state index in [0.29, 0.717) is 16.4 Å². The number of carbonyl (C=O) groups excluding carboxylic acids is 3. The van der Waals surface area contributed by atoms with E-state index < -0.39 is 17.5 Å². The maximum absolute atomic E-state index is 12.2. The van der Waals surface area contributed by atoms with Gasteiger partial charge in [0.25, 0.3) is 5.91 Å². The van der Waals surface area contributed by atoms with Crippen molar-refractivity contribution in [3.63, 3.8) is 0 Å². The molecule has 0 unspecified atom stereocenters. The van der Waals surface area contributed by atoms with Crippen LogP contribution in [-0.4, -0.2) is 23.4 Å². The number of fused-ring (bicyclic) bond motifs is 1. The van der Waals surface area contributed by atoms with Gasteiger partial charge in [-0.3, -0.25) is 14.9 Å². The van der Waals surface area contributed by atoms with E-state index in [1.54, 1.807) is 25.1 Å². The smallest absolute Gasteiger partial charge is 0.322 e. The number of hydrogen-bond donors (Lipinski definition) is 3. The van der Waals surface area contributed by atoms with Crippen LogP contribution in [0.15, 0.2) is 28.7 Å². The molecular formula is C17H18ClN3O4. The molecule has 1 fully saturated rings. The SMILES string of the molecule is C[C@H](NC(=O)CC[C@]1(C)NC(=O)NC1=O)c1cc2cc(Cl)ccc2o1. The first-order valence-electron chi connectivity index (χ1n) is 7.89. The molecule has 1 saturated heterocycles. The molecule has 1 aromatic carbocycles. The second-order valence-corrected chi connectivity index (χ2v) is 6.80. The van der Waals surface area contributed by atoms with Crippen molar-refractivity contribution < 1.29 is 18.8 Å². The number of hydrogen-bond acceptors (Lipinski definition) is 4. The van der Waals surface area contributed by atoms with Gasteiger partial charge < -0.3 is 15.1 Å². The Bertz CT molecular complexity index is 863. The van der Waals surface area contributed by atoms with Gasteiger partial charge in [0, 0.05) is 16.8 Å². The standard InChI is InChI=1S/C17H18ClN3O4/c1-9(13-8-10-7-11(18)3-4-12(10)25-13)19-14(22)5-6-17(2)15(23)20-16(24)21-17/h3-4,7-9H,5-6H2,1-2H3,(H,19,22)(H2,20,21,23,24)/t9-,17-/m0/s1. The van der Waals surface area contributed by atoms with E-state index >= 15 is 0 Å². The highest BCUT2D eigenvalue weighted by molar-refractivity contribution is 6.31. The monoisotopic (exact) mass is 363 g/mol. The van der Waals surface area contributed by atoms with Crippen LogP contribution in [0.2, 0.25) is 5.02 Å². The number of furan rings is 1. The largest absolute Gasteiger partial charge is 0.459 e. The quantitative estimate of drug-likeness (QED) is 0.711. The Morgan fingerprint density at radius 1 is 1.36 bits per heavy atom. The lowest BCUT2D eigenvalue weighted by Crippen LogP contribution is -2.44. The van der Waals surface area contributed by atoms with E-state index in [1.165, 1.54) is 0 Å². The summed E-state index contributed by atoms with van der Waals surface area (Å²) in [6.07, 6.45) is 0.305. The van der Waals surface area contributed by atoms with Crippen LogP contribution < -0.4 is 16.0 Å². The van der Waals surface area contributed by atoms with Crippen molar-refractivity contribution in [1.29, 1.82) is 0 Å². The molecule has 132 valence electrons. The summed E-state index contributed by atoms with van der Waals surface area (Å²) < 4.78 is 5.72. The fourth-order valence-electron chi connectivity index (χ4n) is 2.75. The fourth-order valence-corrected chi connectivity index (χ4v) is 2.93. The molecule has 4 amide bonds. The van der Waals surface area contributed by atoms with Crippen molar-refractivity contribution in [1.82, 2.24) is 16.0 Å². The normalized spacial score (nSPS) is 21.1. The topological polar surface area (TPSA) is 100 Å². The molecule has 2 atom stereocenters. The van der Waals surface area contributed by atoms with Crippen molar-refractivity contribution in [3.05, 3.63) is 35.0 Å². The number of nitrogens with one attached hydrogen (secondary N) is 3. The summed E-state index contributed by atoms with van der Waals surface area (Å²) >= 11 is 5.96. The molecule has 0 saturated carbocycles. The zero-order valence-corrected chi connectivity index (χ0v) is 14.6. The average molecular weight is 364 g/mol. The lowest BCUT2D eigenvalue weighted by atomic mass is 9.96. The highest BCUT2D eigenvalue weighted by Gasteiger charge is 2.41. The molecule has 25 heavy (non-hydrogen) atoms. The minimum absolute atomic E-state index is 0.0978. The lowest BCUT2D eigenvalue weighted by Gasteiger charge is -2.20. The molecule has 2 aromatic rings. The number of benzene rings is 1. The summed E-state index contributed by atoms with van der Waals surface area (Å²) in [5.41, 5.74) is -0.369. The molecule has 7 nitrogen and oxygen atoms in total. The predicted octanol–water partition coefficient (Wildman–Crippen LogP) is 2.64. The van der Waals surface area contributed by atoms with Gasteiger partial charge in [0.15, 0.2) is 0 Å². The maximum Gasteiger partial charge on any atom is 0.322 e. The van der Waals surface area contributed by atoms with Crippen LogP contribution in [0.25, 0.3) is 11.0 Å². The van der Waals surface area contributed by atoms with Gasteiger partial charge in [0.2, 0.25) is 5.91 Å². The molecule has 0 bridgehead atoms. The third kappa shape index (κ3) is 3.61. The zero-order chi connectivity index (χ0) is 18.2. The zero-order valence-electron chi connectivity index (χ0n) is 13.8. The predicted molar refractivity (Wildman–Crippen MR) is 92.1 cm³/mol. The van der Waals surface area contributed by atoms with Gasteiger partial charge in [-0.1, -0.05) is 11.6 Å². The maximum atomic E-state index is 12.2. The summed E-state index contributed by atoms with van der Waals surface area (Å²) in [7, 11) is 0. The Morgan fingerprint density at radius 2 is 2.12 bits per heavy atom. The van der Waals surface area contributed by atoms with Crippen LogP contribution in [0.3, 0.4) is 0 Å². The number of rotatable bonds is 5. The third-order valence-corrected chi connectivity index (χ3v) is 4.51. The molecule has 3 N–H and O–H groups in total. The van der Waals surface area contributed by atoms with Gasteiger partial charge >= 0.3 is 6.03 Å². The number of halogens is 1. The van der Waals surface area contributed by atoms with Crippen LogP contribution in [0.5, 0.6) is 0 Å². The van der Waals surface area contributed by atoms with Crippen LogP contribution in [-0.2, 0) is 9.59 Å². The first kappa shape index (κ1) is 17.3. The highest BCUT2D eigenvalue weighted by Crippen LogP contribution is 2.26. The summed E-state index contributed by atoms with van der Waals surface area (Å²) in [6, 6.07) is 6.26. The third-order valence-electron chi connectivity index (χ3n) is 4.27. The van der Waals surface area contributed by atoms with Gasteiger partial charge in [-0.05, 0) is 44.5 Å². The van der Waals surface area contributed by atoms with Crippen LogP contribution >= 0.6 is 11.6 Å². The van der Waals surface area contributed by atoms with Crippen molar-refractivity contribution in [2.24, 2.45) is 0 Å². The molecule has 3 rings (SSSR count). The minimum Gasteiger partial charge on any atom is -0.459 e. The van der Waals surface area contributed by atoms with Crippen molar-refractivity contribution >= 4 is 40.4 Å². The molecule has 2 heterocycles. The Labute approximate surface area is 149 Å². The van der Waals surface area contributed by atoms with Crippen molar-refractivity contribution in [2.45, 2.75) is 38.3 Å². The average Bonchev–Trinajstić information content (AvgIpc) is 3.06. The second-order valence-electron chi connectivity index (χ2n) is 6.36. The molecular weight excluding hydrogens is 346 g/mol. The van der Waals surface area contributed by atoms with E-state index in [1.807, 2.05) is 13.0 Å². The molecule has 0 spiro atoms. The molecule has 1 aromatic heterocycles. The number of urea groups is 1. The molecule has 0 radical (unpaired) electrons. The summed E-state index contributed by atoms with van der Waals surface area (Å²) in [5, 5.41) is 9.01. The van der Waals surface area contributed by atoms with Crippen molar-refractivity contribution in [3.8, 4) is 0 Å². The molecule has 0 aliphatic carbocycles. The Kier molecular flexibility index (Phi) is 4.43. The van der Waals surface area contributed by atoms with Gasteiger partial charge in [0.1, 0.15) is 16.9 Å². The number of carbonyl (C=O) groups is 3. The van der Waals surface area contributed by atoms with Gasteiger partial charge in [-0.15, -0.1) is 0 Å². The molecule has 1 aliphatic heterocycles. The van der Waals surface area contributed by atoms with E-state index in [-0.39, 0.29) is 24.8 Å². The van der Waals surface area contributed by atoms with Crippen molar-refractivity contribution in [2.75, 3.05) is 0 Å². The van der Waals surface area contributed by atoms with Crippen LogP contribution in [0.4, 0.5) is 4.79 Å². The highest BCUT2D eigenvalue weighted by atomic mass is 35.5. The first-order chi connectivity index (χ1) is 11.8. The van der Waals surface area contributed by atoms with E-state index in [0.717, 1.165) is 5.39 Å². The van der Waals surface area contributed by atoms with Gasteiger partial charge in [0.05, 0.1) is 6.04 Å². The van der Waals surface area contributed by atoms with Crippen LogP contribution in [0.1, 0.15) is 38.5 Å². The van der Waals surface area contributed by atoms with Crippen LogP contribution in [0, 0.1) is 0 Å². The fraction of sp³-hybridized carbons (Fsp3) is 0.353. The molecule has 8 heteroatoms. The van der Waals surface area contributed by atoms with Gasteiger partial charge in [-0.2, -0.15) is 0 Å². The Morgan fingerprint density at radius 3 is 2.80 bits per heavy atom. The summed E-state index contributed by atoms with van der Waals surface area (Å²) in [5.74, 6) is -0.0441. The minimum atomic E-state index is -1.06. The Hall–Kier alpha value is -2.54. The number of imide groups is 1.